The average molecular weight is 352 g/mol. The molecule has 0 bridgehead atoms. The quantitative estimate of drug-likeness (QED) is 0.423. The predicted octanol–water partition coefficient (Wildman–Crippen LogP) is 5.56. The molecule has 0 radical (unpaired) electrons. The van der Waals surface area contributed by atoms with Crippen LogP contribution >= 0.6 is 0 Å². The van der Waals surface area contributed by atoms with Gasteiger partial charge < -0.3 is 16.6 Å². The summed E-state index contributed by atoms with van der Waals surface area (Å²) in [5.41, 5.74) is 19.8. The van der Waals surface area contributed by atoms with Gasteiger partial charge in [0, 0.05) is 11.4 Å². The van der Waals surface area contributed by atoms with Crippen molar-refractivity contribution in [3.8, 4) is 39.1 Å². The lowest BCUT2D eigenvalue weighted by Gasteiger charge is -2.16. The Morgan fingerprint density at radius 1 is 0.481 bits per heavy atom. The Morgan fingerprint density at radius 2 is 0.889 bits per heavy atom. The van der Waals surface area contributed by atoms with Gasteiger partial charge in [-0.3, -0.25) is 0 Å². The Kier molecular flexibility index (Phi) is 4.27. The number of aromatic hydroxyl groups is 1. The van der Waals surface area contributed by atoms with Gasteiger partial charge >= 0.3 is 0 Å². The van der Waals surface area contributed by atoms with Gasteiger partial charge in [-0.05, 0) is 69.8 Å². The highest BCUT2D eigenvalue weighted by Crippen LogP contribution is 2.40. The van der Waals surface area contributed by atoms with E-state index in [4.69, 9.17) is 11.5 Å². The van der Waals surface area contributed by atoms with Gasteiger partial charge in [0.15, 0.2) is 0 Å². The lowest BCUT2D eigenvalue weighted by atomic mass is 9.87. The maximum Gasteiger partial charge on any atom is 0.115 e. The smallest absolute Gasteiger partial charge is 0.115 e. The number of benzene rings is 4. The third kappa shape index (κ3) is 3.35. The first-order valence-electron chi connectivity index (χ1n) is 8.76. The minimum Gasteiger partial charge on any atom is -0.508 e. The van der Waals surface area contributed by atoms with E-state index in [1.54, 1.807) is 12.1 Å². The normalized spacial score (nSPS) is 10.7. The van der Waals surface area contributed by atoms with Crippen molar-refractivity contribution in [1.82, 2.24) is 0 Å². The summed E-state index contributed by atoms with van der Waals surface area (Å²) in [6.07, 6.45) is 0. The number of nitrogen functional groups attached to an aromatic ring is 2. The molecule has 132 valence electrons. The number of phenolic OH excluding ortho intramolecular Hbond substituents is 1. The Labute approximate surface area is 158 Å². The molecular weight excluding hydrogens is 332 g/mol. The fourth-order valence-electron chi connectivity index (χ4n) is 3.30. The lowest BCUT2D eigenvalue weighted by molar-refractivity contribution is 0.475. The number of phenols is 1. The molecule has 0 unspecified atom stereocenters. The zero-order chi connectivity index (χ0) is 18.8. The van der Waals surface area contributed by atoms with Crippen molar-refractivity contribution in [2.24, 2.45) is 0 Å². The van der Waals surface area contributed by atoms with E-state index in [-0.39, 0.29) is 5.75 Å². The summed E-state index contributed by atoms with van der Waals surface area (Å²) in [5, 5.41) is 9.65. The van der Waals surface area contributed by atoms with Crippen molar-refractivity contribution < 1.29 is 5.11 Å². The molecule has 0 saturated heterocycles. The molecule has 0 heterocycles. The summed E-state index contributed by atoms with van der Waals surface area (Å²) in [7, 11) is 0. The second-order valence-electron chi connectivity index (χ2n) is 6.52. The maximum atomic E-state index is 9.65. The molecule has 0 aliphatic rings. The van der Waals surface area contributed by atoms with Crippen LogP contribution in [0.2, 0.25) is 0 Å². The molecule has 3 nitrogen and oxygen atoms in total. The van der Waals surface area contributed by atoms with Crippen molar-refractivity contribution in [3.05, 3.63) is 91.0 Å². The number of anilines is 2. The highest BCUT2D eigenvalue weighted by Gasteiger charge is 2.14. The average Bonchev–Trinajstić information content (AvgIpc) is 2.69. The molecule has 0 spiro atoms. The van der Waals surface area contributed by atoms with Gasteiger partial charge in [0.05, 0.1) is 0 Å². The van der Waals surface area contributed by atoms with E-state index in [1.165, 1.54) is 0 Å². The van der Waals surface area contributed by atoms with Crippen LogP contribution in [-0.4, -0.2) is 5.11 Å². The Balaban J connectivity index is 1.99. The van der Waals surface area contributed by atoms with Crippen molar-refractivity contribution in [1.29, 1.82) is 0 Å². The molecule has 27 heavy (non-hydrogen) atoms. The fourth-order valence-corrected chi connectivity index (χ4v) is 3.30. The van der Waals surface area contributed by atoms with Crippen LogP contribution in [-0.2, 0) is 0 Å². The van der Waals surface area contributed by atoms with Crippen LogP contribution in [0.5, 0.6) is 5.75 Å². The first-order valence-corrected chi connectivity index (χ1v) is 8.76. The van der Waals surface area contributed by atoms with Gasteiger partial charge in [-0.2, -0.15) is 0 Å². The van der Waals surface area contributed by atoms with E-state index in [0.29, 0.717) is 0 Å². The van der Waals surface area contributed by atoms with Gasteiger partial charge in [0.25, 0.3) is 0 Å². The number of rotatable bonds is 3. The zero-order valence-electron chi connectivity index (χ0n) is 14.8. The van der Waals surface area contributed by atoms with Crippen molar-refractivity contribution in [3.63, 3.8) is 0 Å². The van der Waals surface area contributed by atoms with Crippen LogP contribution in [0.3, 0.4) is 0 Å². The molecule has 0 aliphatic carbocycles. The summed E-state index contributed by atoms with van der Waals surface area (Å²) in [4.78, 5) is 0. The number of hydrogen-bond acceptors (Lipinski definition) is 3. The second kappa shape index (κ2) is 6.89. The third-order valence-electron chi connectivity index (χ3n) is 4.66. The molecule has 4 rings (SSSR count). The topological polar surface area (TPSA) is 72.3 Å². The van der Waals surface area contributed by atoms with Gasteiger partial charge in [-0.25, -0.2) is 0 Å². The third-order valence-corrected chi connectivity index (χ3v) is 4.66. The summed E-state index contributed by atoms with van der Waals surface area (Å²) >= 11 is 0. The molecule has 4 aromatic rings. The summed E-state index contributed by atoms with van der Waals surface area (Å²) in [6.45, 7) is 0. The molecule has 5 N–H and O–H groups in total. The van der Waals surface area contributed by atoms with Crippen LogP contribution in [0.15, 0.2) is 91.0 Å². The molecule has 0 amide bonds. The predicted molar refractivity (Wildman–Crippen MR) is 113 cm³/mol. The van der Waals surface area contributed by atoms with Gasteiger partial charge in [-0.15, -0.1) is 0 Å². The monoisotopic (exact) mass is 352 g/mol. The summed E-state index contributed by atoms with van der Waals surface area (Å²) in [5.74, 6) is 0.252. The summed E-state index contributed by atoms with van der Waals surface area (Å²) < 4.78 is 0. The minimum absolute atomic E-state index is 0.252. The van der Waals surface area contributed by atoms with E-state index in [9.17, 15) is 5.11 Å². The van der Waals surface area contributed by atoms with Crippen molar-refractivity contribution >= 4 is 11.4 Å². The van der Waals surface area contributed by atoms with Crippen LogP contribution in [0, 0.1) is 0 Å². The SMILES string of the molecule is Nc1ccc(-c2cccc(-c3ccc(O)cc3)c2-c2ccc(N)cc2)cc1. The second-order valence-corrected chi connectivity index (χ2v) is 6.52. The Hall–Kier alpha value is -3.72. The maximum absolute atomic E-state index is 9.65. The van der Waals surface area contributed by atoms with Crippen LogP contribution in [0.25, 0.3) is 33.4 Å². The Bertz CT molecular complexity index is 1000. The largest absolute Gasteiger partial charge is 0.508 e. The van der Waals surface area contributed by atoms with Crippen LogP contribution in [0.1, 0.15) is 0 Å². The van der Waals surface area contributed by atoms with E-state index >= 15 is 0 Å². The summed E-state index contributed by atoms with van der Waals surface area (Å²) in [6, 6.07) is 29.3. The molecule has 0 saturated carbocycles. The number of nitrogens with two attached hydrogens (primary N) is 2. The first kappa shape index (κ1) is 16.7. The molecule has 4 aromatic carbocycles. The highest BCUT2D eigenvalue weighted by atomic mass is 16.3. The molecule has 0 aromatic heterocycles. The van der Waals surface area contributed by atoms with E-state index in [2.05, 4.69) is 18.2 Å². The van der Waals surface area contributed by atoms with Crippen molar-refractivity contribution in [2.45, 2.75) is 0 Å². The molecule has 3 heteroatoms. The zero-order valence-corrected chi connectivity index (χ0v) is 14.8. The standard InChI is InChI=1S/C24H20N2O/c25-19-10-4-16(5-11-19)22-2-1-3-23(17-8-14-21(27)15-9-17)24(22)18-6-12-20(26)13-7-18/h1-15,27H,25-26H2. The van der Waals surface area contributed by atoms with E-state index < -0.39 is 0 Å². The molecule has 0 aliphatic heterocycles. The highest BCUT2D eigenvalue weighted by molar-refractivity contribution is 5.94. The van der Waals surface area contributed by atoms with Gasteiger partial charge in [-0.1, -0.05) is 54.6 Å². The van der Waals surface area contributed by atoms with Gasteiger partial charge in [0.2, 0.25) is 0 Å². The number of hydrogen-bond donors (Lipinski definition) is 3. The van der Waals surface area contributed by atoms with Gasteiger partial charge in [0.1, 0.15) is 5.75 Å². The van der Waals surface area contributed by atoms with Crippen molar-refractivity contribution in [2.75, 3.05) is 11.5 Å². The Morgan fingerprint density at radius 3 is 1.37 bits per heavy atom. The first-order chi connectivity index (χ1) is 13.1. The van der Waals surface area contributed by atoms with E-state index in [0.717, 1.165) is 44.8 Å². The minimum atomic E-state index is 0.252. The van der Waals surface area contributed by atoms with Crippen LogP contribution in [0.4, 0.5) is 11.4 Å². The molecular formula is C24H20N2O. The molecule has 0 fully saturated rings. The lowest BCUT2D eigenvalue weighted by Crippen LogP contribution is -1.92. The fraction of sp³-hybridized carbons (Fsp3) is 0. The van der Waals surface area contributed by atoms with Crippen LogP contribution < -0.4 is 11.5 Å². The molecule has 0 atom stereocenters. The van der Waals surface area contributed by atoms with E-state index in [1.807, 2.05) is 60.7 Å².